The number of nitrogens with zero attached hydrogens (tertiary/aromatic N) is 2. The van der Waals surface area contributed by atoms with Gasteiger partial charge in [0.25, 0.3) is 5.91 Å². The van der Waals surface area contributed by atoms with Gasteiger partial charge >= 0.3 is 0 Å². The number of ether oxygens (including phenoxy) is 1. The number of pyridine rings is 2. The van der Waals surface area contributed by atoms with E-state index in [0.29, 0.717) is 40.1 Å². The predicted octanol–water partition coefficient (Wildman–Crippen LogP) is 5.79. The van der Waals surface area contributed by atoms with Crippen LogP contribution in [0.2, 0.25) is 5.02 Å². The summed E-state index contributed by atoms with van der Waals surface area (Å²) in [5.74, 6) is 1.60. The highest BCUT2D eigenvalue weighted by Gasteiger charge is 2.12. The molecule has 31 heavy (non-hydrogen) atoms. The molecule has 0 atom stereocenters. The molecule has 2 aromatic heterocycles. The largest absolute Gasteiger partial charge is 0.457 e. The highest BCUT2D eigenvalue weighted by molar-refractivity contribution is 6.30. The maximum absolute atomic E-state index is 12.8. The third-order valence-electron chi connectivity index (χ3n) is 4.42. The second kappa shape index (κ2) is 9.73. The van der Waals surface area contributed by atoms with Crippen LogP contribution in [0.15, 0.2) is 91.4 Å². The molecule has 0 fully saturated rings. The smallest absolute Gasteiger partial charge is 0.259 e. The van der Waals surface area contributed by atoms with Crippen molar-refractivity contribution in [3.8, 4) is 11.5 Å². The van der Waals surface area contributed by atoms with Gasteiger partial charge in [-0.3, -0.25) is 9.78 Å². The number of aromatic nitrogens is 2. The fourth-order valence-corrected chi connectivity index (χ4v) is 2.99. The van der Waals surface area contributed by atoms with Gasteiger partial charge in [-0.1, -0.05) is 11.6 Å². The molecule has 4 aromatic rings. The van der Waals surface area contributed by atoms with E-state index in [-0.39, 0.29) is 5.91 Å². The first kappa shape index (κ1) is 20.4. The Morgan fingerprint density at radius 2 is 1.55 bits per heavy atom. The molecule has 0 spiro atoms. The van der Waals surface area contributed by atoms with Crippen LogP contribution in [0.1, 0.15) is 15.9 Å². The lowest BCUT2D eigenvalue weighted by Crippen LogP contribution is -2.15. The third kappa shape index (κ3) is 5.58. The van der Waals surface area contributed by atoms with Gasteiger partial charge in [-0.25, -0.2) is 4.98 Å². The Morgan fingerprint density at radius 1 is 0.871 bits per heavy atom. The molecular formula is C24H19ClN4O2. The normalized spacial score (nSPS) is 10.4. The Kier molecular flexibility index (Phi) is 6.40. The molecule has 1 amide bonds. The molecule has 2 aromatic carbocycles. The van der Waals surface area contributed by atoms with E-state index in [9.17, 15) is 4.79 Å². The summed E-state index contributed by atoms with van der Waals surface area (Å²) in [5.41, 5.74) is 2.15. The minimum atomic E-state index is -0.253. The Bertz CT molecular complexity index is 1150. The predicted molar refractivity (Wildman–Crippen MR) is 122 cm³/mol. The number of carbonyl (C=O) groups is 1. The fourth-order valence-electron chi connectivity index (χ4n) is 2.86. The van der Waals surface area contributed by atoms with Gasteiger partial charge in [0.2, 0.25) is 0 Å². The third-order valence-corrected chi connectivity index (χ3v) is 4.68. The lowest BCUT2D eigenvalue weighted by molar-refractivity contribution is 0.102. The zero-order valence-electron chi connectivity index (χ0n) is 16.5. The van der Waals surface area contributed by atoms with Crippen LogP contribution >= 0.6 is 11.6 Å². The molecule has 0 aliphatic rings. The molecule has 0 saturated heterocycles. The number of amides is 1. The van der Waals surface area contributed by atoms with Crippen molar-refractivity contribution in [3.63, 3.8) is 0 Å². The van der Waals surface area contributed by atoms with Crippen molar-refractivity contribution in [3.05, 3.63) is 108 Å². The van der Waals surface area contributed by atoms with Gasteiger partial charge in [-0.2, -0.15) is 0 Å². The summed E-state index contributed by atoms with van der Waals surface area (Å²) in [6.45, 7) is 0.538. The van der Waals surface area contributed by atoms with Crippen molar-refractivity contribution >= 4 is 29.0 Å². The molecule has 0 saturated carbocycles. The Balaban J connectivity index is 1.40. The van der Waals surface area contributed by atoms with E-state index in [2.05, 4.69) is 20.6 Å². The van der Waals surface area contributed by atoms with E-state index in [1.807, 2.05) is 12.1 Å². The number of carbonyl (C=O) groups excluding carboxylic acids is 1. The summed E-state index contributed by atoms with van der Waals surface area (Å²) in [6.07, 6.45) is 5.10. The molecule has 0 bridgehead atoms. The van der Waals surface area contributed by atoms with Gasteiger partial charge < -0.3 is 15.4 Å². The molecule has 154 valence electrons. The van der Waals surface area contributed by atoms with Crippen molar-refractivity contribution in [2.75, 3.05) is 10.6 Å². The highest BCUT2D eigenvalue weighted by atomic mass is 35.5. The summed E-state index contributed by atoms with van der Waals surface area (Å²) in [6, 6.07) is 21.5. The summed E-state index contributed by atoms with van der Waals surface area (Å²) in [5, 5.41) is 6.75. The first-order valence-corrected chi connectivity index (χ1v) is 9.98. The second-order valence-electron chi connectivity index (χ2n) is 6.64. The zero-order chi connectivity index (χ0) is 21.5. The number of hydrogen-bond acceptors (Lipinski definition) is 5. The van der Waals surface area contributed by atoms with Crippen LogP contribution in [0.25, 0.3) is 0 Å². The van der Waals surface area contributed by atoms with E-state index in [1.165, 1.54) is 0 Å². The van der Waals surface area contributed by atoms with Crippen LogP contribution in [0.5, 0.6) is 11.5 Å². The number of anilines is 2. The van der Waals surface area contributed by atoms with Crippen LogP contribution < -0.4 is 15.4 Å². The van der Waals surface area contributed by atoms with Gasteiger partial charge in [-0.15, -0.1) is 0 Å². The van der Waals surface area contributed by atoms with E-state index in [1.54, 1.807) is 79.3 Å². The quantitative estimate of drug-likeness (QED) is 0.388. The molecular weight excluding hydrogens is 412 g/mol. The van der Waals surface area contributed by atoms with Crippen LogP contribution in [0.4, 0.5) is 11.5 Å². The fraction of sp³-hybridized carbons (Fsp3) is 0.0417. The van der Waals surface area contributed by atoms with Crippen LogP contribution in [0.3, 0.4) is 0 Å². The minimum absolute atomic E-state index is 0.253. The topological polar surface area (TPSA) is 76.1 Å². The van der Waals surface area contributed by atoms with E-state index in [4.69, 9.17) is 16.3 Å². The number of halogens is 1. The number of rotatable bonds is 7. The molecule has 0 unspecified atom stereocenters. The van der Waals surface area contributed by atoms with Crippen LogP contribution in [-0.2, 0) is 6.54 Å². The summed E-state index contributed by atoms with van der Waals surface area (Å²) in [4.78, 5) is 21.1. The van der Waals surface area contributed by atoms with E-state index >= 15 is 0 Å². The molecule has 7 heteroatoms. The van der Waals surface area contributed by atoms with Gasteiger partial charge in [0.15, 0.2) is 0 Å². The summed E-state index contributed by atoms with van der Waals surface area (Å²) < 4.78 is 5.78. The first-order chi connectivity index (χ1) is 15.2. The number of hydrogen-bond donors (Lipinski definition) is 2. The van der Waals surface area contributed by atoms with Crippen molar-refractivity contribution < 1.29 is 9.53 Å². The maximum atomic E-state index is 12.8. The minimum Gasteiger partial charge on any atom is -0.457 e. The van der Waals surface area contributed by atoms with Crippen molar-refractivity contribution in [1.82, 2.24) is 9.97 Å². The molecule has 2 heterocycles. The number of benzene rings is 2. The van der Waals surface area contributed by atoms with Gasteiger partial charge in [0.1, 0.15) is 17.3 Å². The Morgan fingerprint density at radius 3 is 2.26 bits per heavy atom. The van der Waals surface area contributed by atoms with Gasteiger partial charge in [0.05, 0.1) is 5.56 Å². The van der Waals surface area contributed by atoms with E-state index < -0.39 is 0 Å². The van der Waals surface area contributed by atoms with E-state index in [0.717, 1.165) is 5.56 Å². The molecule has 4 rings (SSSR count). The zero-order valence-corrected chi connectivity index (χ0v) is 17.2. The van der Waals surface area contributed by atoms with Gasteiger partial charge in [0, 0.05) is 35.8 Å². The molecule has 0 aliphatic heterocycles. The number of nitrogens with one attached hydrogen (secondary N) is 2. The average molecular weight is 431 g/mol. The molecule has 2 N–H and O–H groups in total. The first-order valence-electron chi connectivity index (χ1n) is 9.60. The van der Waals surface area contributed by atoms with Gasteiger partial charge in [-0.05, 0) is 78.4 Å². The van der Waals surface area contributed by atoms with Crippen molar-refractivity contribution in [2.45, 2.75) is 6.54 Å². The standard InChI is InChI=1S/C24H19ClN4O2/c25-18-3-7-20(8-4-18)31-21-9-5-19(6-10-21)29-24(30)22-2-1-13-27-23(22)28-16-17-11-14-26-15-12-17/h1-15H,16H2,(H,27,28)(H,29,30). The van der Waals surface area contributed by atoms with Crippen LogP contribution in [0, 0.1) is 0 Å². The Hall–Kier alpha value is -3.90. The maximum Gasteiger partial charge on any atom is 0.259 e. The highest BCUT2D eigenvalue weighted by Crippen LogP contribution is 2.25. The van der Waals surface area contributed by atoms with Crippen molar-refractivity contribution in [1.29, 1.82) is 0 Å². The van der Waals surface area contributed by atoms with Crippen LogP contribution in [-0.4, -0.2) is 15.9 Å². The molecule has 0 radical (unpaired) electrons. The lowest BCUT2D eigenvalue weighted by Gasteiger charge is -2.12. The van der Waals surface area contributed by atoms with Crippen molar-refractivity contribution in [2.24, 2.45) is 0 Å². The Labute approximate surface area is 184 Å². The SMILES string of the molecule is O=C(Nc1ccc(Oc2ccc(Cl)cc2)cc1)c1cccnc1NCc1ccncc1. The second-order valence-corrected chi connectivity index (χ2v) is 7.08. The molecule has 0 aliphatic carbocycles. The average Bonchev–Trinajstić information content (AvgIpc) is 2.81. The summed E-state index contributed by atoms with van der Waals surface area (Å²) in [7, 11) is 0. The lowest BCUT2D eigenvalue weighted by atomic mass is 10.2. The molecule has 6 nitrogen and oxygen atoms in total. The summed E-state index contributed by atoms with van der Waals surface area (Å²) >= 11 is 5.89. The monoisotopic (exact) mass is 430 g/mol.